The highest BCUT2D eigenvalue weighted by Crippen LogP contribution is 2.23. The number of carbonyl (C=O) groups is 4. The molecule has 2 amide bonds. The Morgan fingerprint density at radius 3 is 2.06 bits per heavy atom. The Labute approximate surface area is 187 Å². The highest BCUT2D eigenvalue weighted by Gasteiger charge is 2.16. The van der Waals surface area contributed by atoms with Crippen molar-refractivity contribution in [1.29, 1.82) is 0 Å². The molecule has 0 aromatic heterocycles. The Bertz CT molecular complexity index is 1190. The number of aromatic carboxylic acids is 2. The smallest absolute Gasteiger partial charge is 0.336 e. The summed E-state index contributed by atoms with van der Waals surface area (Å²) < 4.78 is 0. The van der Waals surface area contributed by atoms with Crippen LogP contribution < -0.4 is 10.6 Å². The summed E-state index contributed by atoms with van der Waals surface area (Å²) in [5.41, 5.74) is 0.854. The van der Waals surface area contributed by atoms with Crippen molar-refractivity contribution in [3.63, 3.8) is 0 Å². The Balaban J connectivity index is 1.61. The minimum atomic E-state index is -1.19. The van der Waals surface area contributed by atoms with Gasteiger partial charge in [-0.25, -0.2) is 9.59 Å². The van der Waals surface area contributed by atoms with Crippen LogP contribution in [0.5, 0.6) is 0 Å². The number of carboxylic acid groups (broad SMARTS) is 2. The molecule has 0 radical (unpaired) electrons. The van der Waals surface area contributed by atoms with Gasteiger partial charge in [-0.2, -0.15) is 0 Å². The van der Waals surface area contributed by atoms with E-state index in [4.69, 9.17) is 5.11 Å². The molecule has 0 aliphatic rings. The summed E-state index contributed by atoms with van der Waals surface area (Å²) in [6.45, 7) is 0. The molecule has 0 saturated heterocycles. The fourth-order valence-electron chi connectivity index (χ4n) is 2.81. The molecule has 3 aromatic carbocycles. The molecule has 0 bridgehead atoms. The summed E-state index contributed by atoms with van der Waals surface area (Å²) in [5, 5.41) is 23.6. The van der Waals surface area contributed by atoms with Crippen LogP contribution in [-0.2, 0) is 4.79 Å². The van der Waals surface area contributed by atoms with Crippen LogP contribution in [0.3, 0.4) is 0 Å². The van der Waals surface area contributed by atoms with E-state index in [0.29, 0.717) is 16.3 Å². The van der Waals surface area contributed by atoms with Gasteiger partial charge >= 0.3 is 11.9 Å². The zero-order valence-electron chi connectivity index (χ0n) is 16.6. The monoisotopic (exact) mass is 450 g/mol. The van der Waals surface area contributed by atoms with E-state index in [9.17, 15) is 24.3 Å². The number of carbonyl (C=O) groups excluding carboxylic acids is 2. The minimum Gasteiger partial charge on any atom is -0.478 e. The van der Waals surface area contributed by atoms with Crippen molar-refractivity contribution in [2.24, 2.45) is 0 Å². The highest BCUT2D eigenvalue weighted by atomic mass is 32.2. The molecule has 0 spiro atoms. The average molecular weight is 450 g/mol. The molecule has 0 unspecified atom stereocenters. The van der Waals surface area contributed by atoms with Crippen LogP contribution in [-0.4, -0.2) is 39.7 Å². The van der Waals surface area contributed by atoms with Gasteiger partial charge in [0.15, 0.2) is 0 Å². The van der Waals surface area contributed by atoms with Crippen LogP contribution in [0.2, 0.25) is 0 Å². The van der Waals surface area contributed by atoms with Gasteiger partial charge in [-0.15, -0.1) is 11.8 Å². The second-order valence-corrected chi connectivity index (χ2v) is 7.60. The topological polar surface area (TPSA) is 133 Å². The zero-order valence-corrected chi connectivity index (χ0v) is 17.4. The number of rotatable bonds is 8. The van der Waals surface area contributed by atoms with Gasteiger partial charge in [0, 0.05) is 16.3 Å². The third-order valence-corrected chi connectivity index (χ3v) is 5.25. The predicted octanol–water partition coefficient (Wildman–Crippen LogP) is 4.07. The van der Waals surface area contributed by atoms with E-state index in [2.05, 4.69) is 10.6 Å². The number of hydrogen-bond donors (Lipinski definition) is 4. The van der Waals surface area contributed by atoms with Crippen LogP contribution in [0.1, 0.15) is 31.1 Å². The molecule has 3 aromatic rings. The SMILES string of the molecule is O=C(CSc1cccc(NC(=O)c2ccccc2C(=O)O)c1)Nc1cccc(C(=O)O)c1. The van der Waals surface area contributed by atoms with Crippen LogP contribution in [0.15, 0.2) is 77.7 Å². The molecule has 0 heterocycles. The van der Waals surface area contributed by atoms with E-state index in [1.807, 2.05) is 0 Å². The molecule has 0 atom stereocenters. The Morgan fingerprint density at radius 1 is 0.719 bits per heavy atom. The molecule has 4 N–H and O–H groups in total. The van der Waals surface area contributed by atoms with Crippen LogP contribution in [0, 0.1) is 0 Å². The summed E-state index contributed by atoms with van der Waals surface area (Å²) in [6.07, 6.45) is 0. The first kappa shape index (κ1) is 22.6. The number of benzene rings is 3. The van der Waals surface area contributed by atoms with Gasteiger partial charge in [0.1, 0.15) is 0 Å². The average Bonchev–Trinajstić information content (AvgIpc) is 2.78. The lowest BCUT2D eigenvalue weighted by Gasteiger charge is -2.09. The zero-order chi connectivity index (χ0) is 23.1. The van der Waals surface area contributed by atoms with Gasteiger partial charge in [0.2, 0.25) is 5.91 Å². The largest absolute Gasteiger partial charge is 0.478 e. The van der Waals surface area contributed by atoms with Crippen LogP contribution >= 0.6 is 11.8 Å². The highest BCUT2D eigenvalue weighted by molar-refractivity contribution is 8.00. The van der Waals surface area contributed by atoms with E-state index >= 15 is 0 Å². The first-order valence-electron chi connectivity index (χ1n) is 9.33. The van der Waals surface area contributed by atoms with E-state index < -0.39 is 17.8 Å². The first-order chi connectivity index (χ1) is 15.3. The summed E-state index contributed by atoms with van der Waals surface area (Å²) in [6, 6.07) is 18.7. The lowest BCUT2D eigenvalue weighted by Crippen LogP contribution is -2.16. The van der Waals surface area contributed by atoms with E-state index in [1.54, 1.807) is 48.5 Å². The maximum Gasteiger partial charge on any atom is 0.336 e. The summed E-state index contributed by atoms with van der Waals surface area (Å²) in [5.74, 6) is -3.08. The molecular weight excluding hydrogens is 432 g/mol. The fraction of sp³-hybridized carbons (Fsp3) is 0.0435. The Morgan fingerprint density at radius 2 is 1.38 bits per heavy atom. The normalized spacial score (nSPS) is 10.2. The van der Waals surface area contributed by atoms with Crippen LogP contribution in [0.4, 0.5) is 11.4 Å². The Hall–Kier alpha value is -4.11. The molecule has 8 nitrogen and oxygen atoms in total. The molecule has 9 heteroatoms. The lowest BCUT2D eigenvalue weighted by atomic mass is 10.1. The van der Waals surface area contributed by atoms with E-state index in [1.165, 1.54) is 36.0 Å². The van der Waals surface area contributed by atoms with E-state index in [-0.39, 0.29) is 28.4 Å². The quantitative estimate of drug-likeness (QED) is 0.380. The third-order valence-electron chi connectivity index (χ3n) is 4.26. The number of amides is 2. The van der Waals surface area contributed by atoms with Gasteiger partial charge in [-0.3, -0.25) is 9.59 Å². The third kappa shape index (κ3) is 5.96. The molecule has 3 rings (SSSR count). The fourth-order valence-corrected chi connectivity index (χ4v) is 3.56. The number of anilines is 2. The molecule has 162 valence electrons. The van der Waals surface area contributed by atoms with Crippen molar-refractivity contribution < 1.29 is 29.4 Å². The number of nitrogens with one attached hydrogen (secondary N) is 2. The van der Waals surface area contributed by atoms with Crippen molar-refractivity contribution in [3.8, 4) is 0 Å². The summed E-state index contributed by atoms with van der Waals surface area (Å²) >= 11 is 1.23. The van der Waals surface area contributed by atoms with Gasteiger partial charge in [0.05, 0.1) is 22.4 Å². The van der Waals surface area contributed by atoms with Crippen molar-refractivity contribution in [2.75, 3.05) is 16.4 Å². The van der Waals surface area contributed by atoms with Crippen molar-refractivity contribution in [1.82, 2.24) is 0 Å². The second-order valence-electron chi connectivity index (χ2n) is 6.56. The van der Waals surface area contributed by atoms with Crippen LogP contribution in [0.25, 0.3) is 0 Å². The first-order valence-corrected chi connectivity index (χ1v) is 10.3. The molecule has 0 aliphatic carbocycles. The molecule has 0 aliphatic heterocycles. The minimum absolute atomic E-state index is 0.0426. The maximum absolute atomic E-state index is 12.5. The lowest BCUT2D eigenvalue weighted by molar-refractivity contribution is -0.113. The number of carboxylic acids is 2. The number of hydrogen-bond acceptors (Lipinski definition) is 5. The standard InChI is InChI=1S/C23H18N2O6S/c26-20(24-15-6-3-5-14(11-15)22(28)29)13-32-17-8-4-7-16(12-17)25-21(27)18-9-1-2-10-19(18)23(30)31/h1-12H,13H2,(H,24,26)(H,25,27)(H,28,29)(H,30,31). The van der Waals surface area contributed by atoms with Crippen molar-refractivity contribution in [3.05, 3.63) is 89.5 Å². The predicted molar refractivity (Wildman–Crippen MR) is 121 cm³/mol. The summed E-state index contributed by atoms with van der Waals surface area (Å²) in [4.78, 5) is 47.8. The Kier molecular flexibility index (Phi) is 7.25. The maximum atomic E-state index is 12.5. The van der Waals surface area contributed by atoms with Gasteiger partial charge < -0.3 is 20.8 Å². The van der Waals surface area contributed by atoms with Gasteiger partial charge in [-0.1, -0.05) is 24.3 Å². The molecular formula is C23H18N2O6S. The second kappa shape index (κ2) is 10.3. The van der Waals surface area contributed by atoms with Gasteiger partial charge in [0.25, 0.3) is 5.91 Å². The molecule has 32 heavy (non-hydrogen) atoms. The molecule has 0 saturated carbocycles. The van der Waals surface area contributed by atoms with Crippen molar-refractivity contribution in [2.45, 2.75) is 4.90 Å². The number of thioether (sulfide) groups is 1. The van der Waals surface area contributed by atoms with Gasteiger partial charge in [-0.05, 0) is 48.5 Å². The van der Waals surface area contributed by atoms with Crippen molar-refractivity contribution >= 4 is 46.9 Å². The molecule has 0 fully saturated rings. The summed E-state index contributed by atoms with van der Waals surface area (Å²) in [7, 11) is 0. The van der Waals surface area contributed by atoms with E-state index in [0.717, 1.165) is 0 Å².